The minimum Gasteiger partial charge on any atom is -0.478 e. The molecule has 1 aliphatic carbocycles. The minimum absolute atomic E-state index is 0.258. The lowest BCUT2D eigenvalue weighted by Gasteiger charge is -2.39. The summed E-state index contributed by atoms with van der Waals surface area (Å²) in [6, 6.07) is 0. The Bertz CT molecular complexity index is 242. The van der Waals surface area contributed by atoms with E-state index >= 15 is 0 Å². The fraction of sp³-hybridized carbons (Fsp3) is 0.727. The number of carboxylic acids is 1. The van der Waals surface area contributed by atoms with E-state index in [0.717, 1.165) is 0 Å². The second-order valence-corrected chi connectivity index (χ2v) is 4.18. The monoisotopic (exact) mass is 197 g/mol. The van der Waals surface area contributed by atoms with Gasteiger partial charge in [0.15, 0.2) is 0 Å². The van der Waals surface area contributed by atoms with Crippen LogP contribution in [0.4, 0.5) is 0 Å². The van der Waals surface area contributed by atoms with Crippen LogP contribution in [0, 0.1) is 0 Å². The van der Waals surface area contributed by atoms with Crippen molar-refractivity contribution in [2.45, 2.75) is 45.1 Å². The second kappa shape index (κ2) is 4.60. The molecule has 0 radical (unpaired) electrons. The molecule has 0 bridgehead atoms. The highest BCUT2D eigenvalue weighted by Gasteiger charge is 2.30. The van der Waals surface area contributed by atoms with Gasteiger partial charge < -0.3 is 10.4 Å². The SMILES string of the molecule is CCC(=CCNC1(C)CCC1)C(=O)O. The first-order chi connectivity index (χ1) is 6.57. The summed E-state index contributed by atoms with van der Waals surface area (Å²) in [6.45, 7) is 4.73. The third kappa shape index (κ3) is 2.84. The molecule has 1 aliphatic rings. The van der Waals surface area contributed by atoms with Crippen molar-refractivity contribution in [1.82, 2.24) is 5.32 Å². The van der Waals surface area contributed by atoms with Crippen LogP contribution in [-0.2, 0) is 4.79 Å². The number of carbonyl (C=O) groups is 1. The Morgan fingerprint density at radius 2 is 2.21 bits per heavy atom. The van der Waals surface area contributed by atoms with Crippen molar-refractivity contribution < 1.29 is 9.90 Å². The van der Waals surface area contributed by atoms with Gasteiger partial charge in [0.25, 0.3) is 0 Å². The van der Waals surface area contributed by atoms with Crippen LogP contribution in [0.25, 0.3) is 0 Å². The number of aliphatic carboxylic acids is 1. The van der Waals surface area contributed by atoms with Crippen molar-refractivity contribution in [3.63, 3.8) is 0 Å². The zero-order chi connectivity index (χ0) is 10.6. The minimum atomic E-state index is -0.798. The molecule has 1 saturated carbocycles. The third-order valence-corrected chi connectivity index (χ3v) is 2.99. The Morgan fingerprint density at radius 3 is 2.57 bits per heavy atom. The van der Waals surface area contributed by atoms with E-state index in [1.54, 1.807) is 6.08 Å². The Morgan fingerprint density at radius 1 is 1.57 bits per heavy atom. The maximum atomic E-state index is 10.7. The molecule has 0 aromatic heterocycles. The van der Waals surface area contributed by atoms with E-state index in [9.17, 15) is 4.79 Å². The summed E-state index contributed by atoms with van der Waals surface area (Å²) in [7, 11) is 0. The molecule has 80 valence electrons. The molecule has 2 N–H and O–H groups in total. The van der Waals surface area contributed by atoms with Crippen LogP contribution >= 0.6 is 0 Å². The zero-order valence-electron chi connectivity index (χ0n) is 8.97. The Balaban J connectivity index is 2.34. The summed E-state index contributed by atoms with van der Waals surface area (Å²) in [5.74, 6) is -0.798. The molecule has 0 spiro atoms. The smallest absolute Gasteiger partial charge is 0.331 e. The lowest BCUT2D eigenvalue weighted by atomic mass is 9.78. The average Bonchev–Trinajstić information content (AvgIpc) is 2.09. The topological polar surface area (TPSA) is 49.3 Å². The fourth-order valence-corrected chi connectivity index (χ4v) is 1.69. The summed E-state index contributed by atoms with van der Waals surface area (Å²) < 4.78 is 0. The number of carboxylic acid groups (broad SMARTS) is 1. The third-order valence-electron chi connectivity index (χ3n) is 2.99. The number of hydrogen-bond acceptors (Lipinski definition) is 2. The molecule has 0 unspecified atom stereocenters. The van der Waals surface area contributed by atoms with Crippen LogP contribution in [0.5, 0.6) is 0 Å². The molecule has 1 rings (SSSR count). The summed E-state index contributed by atoms with van der Waals surface area (Å²) in [4.78, 5) is 10.7. The Hall–Kier alpha value is -0.830. The Labute approximate surface area is 85.2 Å². The summed E-state index contributed by atoms with van der Waals surface area (Å²) in [5.41, 5.74) is 0.758. The highest BCUT2D eigenvalue weighted by molar-refractivity contribution is 5.86. The standard InChI is InChI=1S/C11H19NO2/c1-3-9(10(13)14)5-8-12-11(2)6-4-7-11/h5,12H,3-4,6-8H2,1-2H3,(H,13,14). The van der Waals surface area contributed by atoms with Gasteiger partial charge in [-0.25, -0.2) is 4.79 Å². The quantitative estimate of drug-likeness (QED) is 0.662. The molecule has 0 aliphatic heterocycles. The zero-order valence-corrected chi connectivity index (χ0v) is 8.97. The molecule has 1 fully saturated rings. The first-order valence-electron chi connectivity index (χ1n) is 5.25. The lowest BCUT2D eigenvalue weighted by molar-refractivity contribution is -0.132. The molecular formula is C11H19NO2. The van der Waals surface area contributed by atoms with Crippen LogP contribution < -0.4 is 5.32 Å². The van der Waals surface area contributed by atoms with Crippen molar-refractivity contribution in [3.8, 4) is 0 Å². The van der Waals surface area contributed by atoms with Gasteiger partial charge in [-0.3, -0.25) is 0 Å². The van der Waals surface area contributed by atoms with Gasteiger partial charge in [-0.05, 0) is 32.6 Å². The Kier molecular flexibility index (Phi) is 3.69. The normalized spacial score (nSPS) is 20.3. The molecule has 3 heteroatoms. The molecular weight excluding hydrogens is 178 g/mol. The van der Waals surface area contributed by atoms with E-state index in [4.69, 9.17) is 5.11 Å². The van der Waals surface area contributed by atoms with Gasteiger partial charge in [-0.1, -0.05) is 13.0 Å². The van der Waals surface area contributed by atoms with Crippen molar-refractivity contribution in [3.05, 3.63) is 11.6 Å². The van der Waals surface area contributed by atoms with E-state index in [0.29, 0.717) is 18.5 Å². The number of rotatable bonds is 5. The van der Waals surface area contributed by atoms with Crippen LogP contribution in [0.15, 0.2) is 11.6 Å². The van der Waals surface area contributed by atoms with E-state index in [1.807, 2.05) is 6.92 Å². The summed E-state index contributed by atoms with van der Waals surface area (Å²) in [5, 5.41) is 12.2. The van der Waals surface area contributed by atoms with Gasteiger partial charge in [0.1, 0.15) is 0 Å². The highest BCUT2D eigenvalue weighted by Crippen LogP contribution is 2.30. The molecule has 0 atom stereocenters. The molecule has 0 heterocycles. The van der Waals surface area contributed by atoms with Crippen LogP contribution in [0.3, 0.4) is 0 Å². The van der Waals surface area contributed by atoms with Gasteiger partial charge in [-0.2, -0.15) is 0 Å². The average molecular weight is 197 g/mol. The van der Waals surface area contributed by atoms with E-state index < -0.39 is 5.97 Å². The molecule has 0 saturated heterocycles. The fourth-order valence-electron chi connectivity index (χ4n) is 1.69. The number of hydrogen-bond donors (Lipinski definition) is 2. The molecule has 0 aromatic carbocycles. The predicted octanol–water partition coefficient (Wildman–Crippen LogP) is 1.94. The molecule has 0 amide bonds. The largest absolute Gasteiger partial charge is 0.478 e. The van der Waals surface area contributed by atoms with Crippen LogP contribution in [-0.4, -0.2) is 23.2 Å². The van der Waals surface area contributed by atoms with Gasteiger partial charge in [0.05, 0.1) is 0 Å². The van der Waals surface area contributed by atoms with Gasteiger partial charge in [0.2, 0.25) is 0 Å². The van der Waals surface area contributed by atoms with Crippen molar-refractivity contribution in [2.75, 3.05) is 6.54 Å². The lowest BCUT2D eigenvalue weighted by Crippen LogP contribution is -2.48. The highest BCUT2D eigenvalue weighted by atomic mass is 16.4. The van der Waals surface area contributed by atoms with Crippen molar-refractivity contribution in [1.29, 1.82) is 0 Å². The van der Waals surface area contributed by atoms with Crippen molar-refractivity contribution >= 4 is 5.97 Å². The van der Waals surface area contributed by atoms with Gasteiger partial charge in [-0.15, -0.1) is 0 Å². The summed E-state index contributed by atoms with van der Waals surface area (Å²) in [6.07, 6.45) is 6.07. The van der Waals surface area contributed by atoms with Crippen molar-refractivity contribution in [2.24, 2.45) is 0 Å². The first-order valence-corrected chi connectivity index (χ1v) is 5.25. The predicted molar refractivity (Wildman–Crippen MR) is 56.3 cm³/mol. The number of nitrogens with one attached hydrogen (secondary N) is 1. The molecule has 3 nitrogen and oxygen atoms in total. The van der Waals surface area contributed by atoms with Crippen LogP contribution in [0.1, 0.15) is 39.5 Å². The van der Waals surface area contributed by atoms with Gasteiger partial charge in [0, 0.05) is 17.7 Å². The molecule has 14 heavy (non-hydrogen) atoms. The summed E-state index contributed by atoms with van der Waals surface area (Å²) >= 11 is 0. The second-order valence-electron chi connectivity index (χ2n) is 4.18. The molecule has 0 aromatic rings. The maximum Gasteiger partial charge on any atom is 0.331 e. The maximum absolute atomic E-state index is 10.7. The first kappa shape index (κ1) is 11.2. The van der Waals surface area contributed by atoms with E-state index in [1.165, 1.54) is 19.3 Å². The van der Waals surface area contributed by atoms with Crippen LogP contribution in [0.2, 0.25) is 0 Å². The van der Waals surface area contributed by atoms with E-state index in [2.05, 4.69) is 12.2 Å². The van der Waals surface area contributed by atoms with Gasteiger partial charge >= 0.3 is 5.97 Å². The van der Waals surface area contributed by atoms with E-state index in [-0.39, 0.29) is 5.54 Å².